The zero-order chi connectivity index (χ0) is 19.7. The van der Waals surface area contributed by atoms with Gasteiger partial charge >= 0.3 is 0 Å². The number of rotatable bonds is 4. The minimum Gasteiger partial charge on any atom is -0.352 e. The molecule has 2 aromatic heterocycles. The second-order valence-corrected chi connectivity index (χ2v) is 10.5. The number of nitrogens with zero attached hydrogens (tertiary/aromatic N) is 4. The number of aromatic nitrogens is 2. The van der Waals surface area contributed by atoms with Crippen LogP contribution in [0.5, 0.6) is 0 Å². The zero-order valence-electron chi connectivity index (χ0n) is 14.6. The van der Waals surface area contributed by atoms with Crippen molar-refractivity contribution >= 4 is 50.4 Å². The summed E-state index contributed by atoms with van der Waals surface area (Å²) in [6, 6.07) is 14.4. The van der Waals surface area contributed by atoms with Crippen LogP contribution in [-0.2, 0) is 10.0 Å². The van der Waals surface area contributed by atoms with Crippen molar-refractivity contribution in [3.63, 3.8) is 0 Å². The molecule has 1 aromatic carbocycles. The summed E-state index contributed by atoms with van der Waals surface area (Å²) in [6.07, 6.45) is 0. The molecule has 28 heavy (non-hydrogen) atoms. The second-order valence-electron chi connectivity index (χ2n) is 6.23. The van der Waals surface area contributed by atoms with Crippen LogP contribution in [0.4, 0.5) is 5.82 Å². The van der Waals surface area contributed by atoms with E-state index < -0.39 is 10.0 Å². The SMILES string of the molecule is O=S(=O)(c1ccc(Cl)s1)N1CCN(c2ccc(-c3ccc(Cl)cc3)nn2)CC1. The van der Waals surface area contributed by atoms with Gasteiger partial charge < -0.3 is 4.90 Å². The van der Waals surface area contributed by atoms with Gasteiger partial charge in [-0.15, -0.1) is 21.5 Å². The number of sulfonamides is 1. The lowest BCUT2D eigenvalue weighted by atomic mass is 10.1. The maximum Gasteiger partial charge on any atom is 0.252 e. The number of halogens is 2. The third-order valence-electron chi connectivity index (χ3n) is 4.50. The van der Waals surface area contributed by atoms with E-state index in [1.54, 1.807) is 12.1 Å². The van der Waals surface area contributed by atoms with Gasteiger partial charge in [0.1, 0.15) is 4.21 Å². The van der Waals surface area contributed by atoms with Gasteiger partial charge in [-0.1, -0.05) is 35.3 Å². The van der Waals surface area contributed by atoms with Crippen LogP contribution >= 0.6 is 34.5 Å². The molecule has 0 radical (unpaired) electrons. The van der Waals surface area contributed by atoms with Crippen molar-refractivity contribution < 1.29 is 8.42 Å². The molecule has 0 spiro atoms. The topological polar surface area (TPSA) is 66.4 Å². The molecule has 3 heterocycles. The number of piperazine rings is 1. The fourth-order valence-electron chi connectivity index (χ4n) is 2.99. The van der Waals surface area contributed by atoms with E-state index in [4.69, 9.17) is 23.2 Å². The number of hydrogen-bond donors (Lipinski definition) is 0. The van der Waals surface area contributed by atoms with Crippen LogP contribution < -0.4 is 4.90 Å². The van der Waals surface area contributed by atoms with Crippen LogP contribution in [0.2, 0.25) is 9.36 Å². The molecular formula is C18H16Cl2N4O2S2. The van der Waals surface area contributed by atoms with E-state index >= 15 is 0 Å². The van der Waals surface area contributed by atoms with Crippen molar-refractivity contribution in [1.29, 1.82) is 0 Å². The Hall–Kier alpha value is -1.71. The number of anilines is 1. The standard InChI is InChI=1S/C18H16Cl2N4O2S2/c19-14-3-1-13(2-4-14)15-5-7-17(22-21-15)23-9-11-24(12-10-23)28(25,26)18-8-6-16(20)27-18/h1-8H,9-12H2. The molecule has 0 N–H and O–H groups in total. The number of benzene rings is 1. The average Bonchev–Trinajstić information content (AvgIpc) is 3.16. The number of hydrogen-bond acceptors (Lipinski definition) is 6. The van der Waals surface area contributed by atoms with Crippen LogP contribution in [0.25, 0.3) is 11.3 Å². The molecule has 1 aliphatic rings. The Morgan fingerprint density at radius 3 is 2.14 bits per heavy atom. The predicted molar refractivity (Wildman–Crippen MR) is 113 cm³/mol. The van der Waals surface area contributed by atoms with Crippen LogP contribution in [0.1, 0.15) is 0 Å². The highest BCUT2D eigenvalue weighted by Crippen LogP contribution is 2.29. The van der Waals surface area contributed by atoms with Crippen LogP contribution in [0.3, 0.4) is 0 Å². The fourth-order valence-corrected chi connectivity index (χ4v) is 6.17. The first-order chi connectivity index (χ1) is 13.4. The van der Waals surface area contributed by atoms with Crippen LogP contribution in [0, 0.1) is 0 Å². The number of thiophene rings is 1. The first kappa shape index (κ1) is 19.6. The van der Waals surface area contributed by atoms with Gasteiger partial charge in [-0.25, -0.2) is 8.42 Å². The van der Waals surface area contributed by atoms with E-state index in [0.717, 1.165) is 28.4 Å². The van der Waals surface area contributed by atoms with Gasteiger partial charge in [0, 0.05) is 36.8 Å². The lowest BCUT2D eigenvalue weighted by Crippen LogP contribution is -2.48. The first-order valence-electron chi connectivity index (χ1n) is 8.53. The zero-order valence-corrected chi connectivity index (χ0v) is 17.8. The minimum atomic E-state index is -3.50. The Kier molecular flexibility index (Phi) is 5.57. The Morgan fingerprint density at radius 2 is 1.57 bits per heavy atom. The molecule has 0 saturated carbocycles. The highest BCUT2D eigenvalue weighted by molar-refractivity contribution is 7.91. The molecular weight excluding hydrogens is 439 g/mol. The van der Waals surface area contributed by atoms with E-state index in [1.807, 2.05) is 41.3 Å². The third kappa shape index (κ3) is 4.01. The summed E-state index contributed by atoms with van der Waals surface area (Å²) in [5, 5.41) is 9.27. The lowest BCUT2D eigenvalue weighted by molar-refractivity contribution is 0.384. The Bertz CT molecular complexity index is 1060. The van der Waals surface area contributed by atoms with E-state index in [0.29, 0.717) is 35.5 Å². The molecule has 4 rings (SSSR count). The molecule has 0 aliphatic carbocycles. The van der Waals surface area contributed by atoms with Crippen molar-refractivity contribution in [2.24, 2.45) is 0 Å². The molecule has 1 aliphatic heterocycles. The summed E-state index contributed by atoms with van der Waals surface area (Å²) in [5.41, 5.74) is 1.70. The summed E-state index contributed by atoms with van der Waals surface area (Å²) < 4.78 is 27.6. The molecule has 146 valence electrons. The Balaban J connectivity index is 1.43. The molecule has 0 amide bonds. The van der Waals surface area contributed by atoms with Crippen molar-refractivity contribution in [3.05, 3.63) is 57.9 Å². The second kappa shape index (κ2) is 7.96. The van der Waals surface area contributed by atoms with Gasteiger partial charge in [0.2, 0.25) is 0 Å². The predicted octanol–water partition coefficient (Wildman–Crippen LogP) is 4.02. The van der Waals surface area contributed by atoms with Gasteiger partial charge in [0.05, 0.1) is 10.0 Å². The van der Waals surface area contributed by atoms with E-state index in [-0.39, 0.29) is 4.21 Å². The molecule has 3 aromatic rings. The normalized spacial score (nSPS) is 15.7. The molecule has 1 fully saturated rings. The lowest BCUT2D eigenvalue weighted by Gasteiger charge is -2.34. The quantitative estimate of drug-likeness (QED) is 0.595. The summed E-state index contributed by atoms with van der Waals surface area (Å²) in [4.78, 5) is 2.03. The van der Waals surface area contributed by atoms with Crippen molar-refractivity contribution in [2.45, 2.75) is 4.21 Å². The summed E-state index contributed by atoms with van der Waals surface area (Å²) in [5.74, 6) is 0.730. The van der Waals surface area contributed by atoms with Crippen LogP contribution in [0.15, 0.2) is 52.7 Å². The van der Waals surface area contributed by atoms with E-state index in [1.165, 1.54) is 4.31 Å². The molecule has 10 heteroatoms. The van der Waals surface area contributed by atoms with Crippen molar-refractivity contribution in [1.82, 2.24) is 14.5 Å². The summed E-state index contributed by atoms with van der Waals surface area (Å²) in [6.45, 7) is 1.87. The third-order valence-corrected chi connectivity index (χ3v) is 8.34. The highest BCUT2D eigenvalue weighted by atomic mass is 35.5. The van der Waals surface area contributed by atoms with E-state index in [9.17, 15) is 8.42 Å². The average molecular weight is 455 g/mol. The van der Waals surface area contributed by atoms with Gasteiger partial charge in [-0.05, 0) is 36.4 Å². The molecule has 1 saturated heterocycles. The smallest absolute Gasteiger partial charge is 0.252 e. The fraction of sp³-hybridized carbons (Fsp3) is 0.222. The molecule has 6 nitrogen and oxygen atoms in total. The van der Waals surface area contributed by atoms with Gasteiger partial charge in [-0.3, -0.25) is 0 Å². The minimum absolute atomic E-state index is 0.276. The maximum absolute atomic E-state index is 12.7. The van der Waals surface area contributed by atoms with Crippen molar-refractivity contribution in [2.75, 3.05) is 31.1 Å². The summed E-state index contributed by atoms with van der Waals surface area (Å²) >= 11 is 12.9. The Labute approximate surface area is 177 Å². The Morgan fingerprint density at radius 1 is 0.857 bits per heavy atom. The summed E-state index contributed by atoms with van der Waals surface area (Å²) in [7, 11) is -3.50. The van der Waals surface area contributed by atoms with Crippen molar-refractivity contribution in [3.8, 4) is 11.3 Å². The van der Waals surface area contributed by atoms with E-state index in [2.05, 4.69) is 10.2 Å². The molecule has 0 atom stereocenters. The largest absolute Gasteiger partial charge is 0.352 e. The monoisotopic (exact) mass is 454 g/mol. The maximum atomic E-state index is 12.7. The van der Waals surface area contributed by atoms with Gasteiger partial charge in [0.15, 0.2) is 5.82 Å². The van der Waals surface area contributed by atoms with Crippen LogP contribution in [-0.4, -0.2) is 49.1 Å². The van der Waals surface area contributed by atoms with Gasteiger partial charge in [0.25, 0.3) is 10.0 Å². The molecule has 0 bridgehead atoms. The first-order valence-corrected chi connectivity index (χ1v) is 11.5. The molecule has 0 unspecified atom stereocenters. The van der Waals surface area contributed by atoms with Gasteiger partial charge in [-0.2, -0.15) is 4.31 Å². The highest BCUT2D eigenvalue weighted by Gasteiger charge is 2.30.